The Hall–Kier alpha value is -2.44. The first-order chi connectivity index (χ1) is 12.9. The van der Waals surface area contributed by atoms with Crippen LogP contribution in [0.4, 0.5) is 0 Å². The minimum Gasteiger partial charge on any atom is -0.391 e. The number of amides is 1. The predicted molar refractivity (Wildman–Crippen MR) is 104 cm³/mol. The highest BCUT2D eigenvalue weighted by Crippen LogP contribution is 2.26. The molecule has 3 heterocycles. The minimum absolute atomic E-state index is 0.0595. The predicted octanol–water partition coefficient (Wildman–Crippen LogP) is 2.61. The molecular formula is C20H21ClN4O2. The number of benzene rings is 1. The molecule has 2 atom stereocenters. The van der Waals surface area contributed by atoms with Crippen LogP contribution in [-0.4, -0.2) is 49.9 Å². The summed E-state index contributed by atoms with van der Waals surface area (Å²) < 4.78 is 1.50. The molecule has 1 N–H and O–H groups in total. The number of carbonyl (C=O) groups is 1. The van der Waals surface area contributed by atoms with E-state index >= 15 is 0 Å². The number of para-hydroxylation sites is 1. The van der Waals surface area contributed by atoms with Crippen LogP contribution in [0.25, 0.3) is 10.9 Å². The van der Waals surface area contributed by atoms with Crippen molar-refractivity contribution in [2.24, 2.45) is 13.0 Å². The van der Waals surface area contributed by atoms with Crippen LogP contribution in [0.3, 0.4) is 0 Å². The van der Waals surface area contributed by atoms with Crippen LogP contribution >= 0.6 is 11.6 Å². The third kappa shape index (κ3) is 3.31. The maximum Gasteiger partial charge on any atom is 0.273 e. The summed E-state index contributed by atoms with van der Waals surface area (Å²) >= 11 is 6.24. The highest BCUT2D eigenvalue weighted by atomic mass is 35.5. The Kier molecular flexibility index (Phi) is 4.61. The highest BCUT2D eigenvalue weighted by molar-refractivity contribution is 6.34. The van der Waals surface area contributed by atoms with E-state index in [-0.39, 0.29) is 18.4 Å². The van der Waals surface area contributed by atoms with Gasteiger partial charge in [0, 0.05) is 37.1 Å². The van der Waals surface area contributed by atoms with Crippen molar-refractivity contribution in [2.75, 3.05) is 13.1 Å². The van der Waals surface area contributed by atoms with Gasteiger partial charge in [-0.2, -0.15) is 5.10 Å². The van der Waals surface area contributed by atoms with E-state index in [1.54, 1.807) is 18.9 Å². The molecule has 6 nitrogen and oxygen atoms in total. The second-order valence-corrected chi connectivity index (χ2v) is 7.49. The van der Waals surface area contributed by atoms with Crippen LogP contribution in [-0.2, 0) is 13.5 Å². The number of aliphatic hydroxyl groups excluding tert-OH is 1. The quantitative estimate of drug-likeness (QED) is 0.753. The summed E-state index contributed by atoms with van der Waals surface area (Å²) in [7, 11) is 1.70. The van der Waals surface area contributed by atoms with Gasteiger partial charge in [-0.25, -0.2) is 0 Å². The smallest absolute Gasteiger partial charge is 0.273 e. The number of aryl methyl sites for hydroxylation is 2. The van der Waals surface area contributed by atoms with Crippen molar-refractivity contribution in [3.05, 3.63) is 58.5 Å². The normalized spacial score (nSPS) is 19.8. The summed E-state index contributed by atoms with van der Waals surface area (Å²) in [5.74, 6) is -0.258. The van der Waals surface area contributed by atoms with Gasteiger partial charge in [-0.3, -0.25) is 14.5 Å². The first-order valence-electron chi connectivity index (χ1n) is 8.95. The number of pyridine rings is 1. The molecule has 1 aliphatic heterocycles. The molecule has 0 radical (unpaired) electrons. The zero-order valence-corrected chi connectivity index (χ0v) is 16.0. The third-order valence-electron chi connectivity index (χ3n) is 5.17. The molecule has 7 heteroatoms. The van der Waals surface area contributed by atoms with E-state index in [2.05, 4.69) is 10.1 Å². The van der Waals surface area contributed by atoms with E-state index in [9.17, 15) is 9.90 Å². The maximum atomic E-state index is 12.9. The molecule has 0 unspecified atom stereocenters. The van der Waals surface area contributed by atoms with Crippen molar-refractivity contribution in [3.8, 4) is 0 Å². The van der Waals surface area contributed by atoms with E-state index < -0.39 is 6.10 Å². The first-order valence-corrected chi connectivity index (χ1v) is 9.33. The van der Waals surface area contributed by atoms with E-state index in [0.717, 1.165) is 16.6 Å². The molecule has 1 amide bonds. The number of nitrogens with zero attached hydrogens (tertiary/aromatic N) is 4. The van der Waals surface area contributed by atoms with Crippen molar-refractivity contribution in [3.63, 3.8) is 0 Å². The zero-order chi connectivity index (χ0) is 19.1. The average molecular weight is 385 g/mol. The van der Waals surface area contributed by atoms with E-state index in [0.29, 0.717) is 29.4 Å². The monoisotopic (exact) mass is 384 g/mol. The molecule has 2 aromatic heterocycles. The fourth-order valence-corrected chi connectivity index (χ4v) is 3.97. The Morgan fingerprint density at radius 2 is 2.04 bits per heavy atom. The van der Waals surface area contributed by atoms with Gasteiger partial charge in [0.15, 0.2) is 0 Å². The van der Waals surface area contributed by atoms with Crippen molar-refractivity contribution >= 4 is 28.4 Å². The largest absolute Gasteiger partial charge is 0.391 e. The number of halogens is 1. The minimum atomic E-state index is -0.588. The lowest BCUT2D eigenvalue weighted by molar-refractivity contribution is 0.0754. The number of hydrogen-bond donors (Lipinski definition) is 1. The maximum absolute atomic E-state index is 12.9. The Bertz CT molecular complexity index is 1020. The Balaban J connectivity index is 1.51. The molecule has 0 aliphatic carbocycles. The molecule has 1 fully saturated rings. The number of aliphatic hydroxyl groups is 1. The van der Waals surface area contributed by atoms with Gasteiger partial charge < -0.3 is 10.0 Å². The first kappa shape index (κ1) is 17.9. The number of hydrogen-bond acceptors (Lipinski definition) is 4. The van der Waals surface area contributed by atoms with Crippen molar-refractivity contribution in [2.45, 2.75) is 19.4 Å². The molecule has 0 bridgehead atoms. The van der Waals surface area contributed by atoms with Gasteiger partial charge in [0.2, 0.25) is 0 Å². The van der Waals surface area contributed by atoms with Crippen molar-refractivity contribution < 1.29 is 9.90 Å². The summed E-state index contributed by atoms with van der Waals surface area (Å²) in [4.78, 5) is 19.2. The fraction of sp³-hybridized carbons (Fsp3) is 0.350. The van der Waals surface area contributed by atoms with Crippen molar-refractivity contribution in [1.82, 2.24) is 19.7 Å². The van der Waals surface area contributed by atoms with Gasteiger partial charge in [-0.15, -0.1) is 0 Å². The molecule has 1 aliphatic rings. The number of β-amino-alcohol motifs (C(OH)–C–C–N with tert-alkyl or cyclic N) is 1. The summed E-state index contributed by atoms with van der Waals surface area (Å²) in [5, 5.41) is 16.2. The van der Waals surface area contributed by atoms with Crippen LogP contribution in [0.5, 0.6) is 0 Å². The molecule has 4 rings (SSSR count). The number of aromatic nitrogens is 3. The SMILES string of the molecule is Cc1nn(C)c(C(=O)N2C[C@@H](Cc3ccc4ccccc4n3)[C@H](O)C2)c1Cl. The van der Waals surface area contributed by atoms with Gasteiger partial charge in [0.05, 0.1) is 22.3 Å². The molecule has 140 valence electrons. The van der Waals surface area contributed by atoms with Gasteiger partial charge in [0.25, 0.3) is 5.91 Å². The zero-order valence-electron chi connectivity index (χ0n) is 15.3. The summed E-state index contributed by atoms with van der Waals surface area (Å²) in [6, 6.07) is 12.0. The number of carbonyl (C=O) groups excluding carboxylic acids is 1. The van der Waals surface area contributed by atoms with Gasteiger partial charge in [-0.05, 0) is 25.5 Å². The average Bonchev–Trinajstić information content (AvgIpc) is 3.13. The van der Waals surface area contributed by atoms with Crippen LogP contribution in [0, 0.1) is 12.8 Å². The lowest BCUT2D eigenvalue weighted by atomic mass is 9.99. The van der Waals surface area contributed by atoms with E-state index in [1.165, 1.54) is 4.68 Å². The second kappa shape index (κ2) is 6.94. The van der Waals surface area contributed by atoms with Crippen LogP contribution < -0.4 is 0 Å². The molecule has 1 saturated heterocycles. The van der Waals surface area contributed by atoms with E-state index in [4.69, 9.17) is 11.6 Å². The lowest BCUT2D eigenvalue weighted by Gasteiger charge is -2.16. The van der Waals surface area contributed by atoms with Gasteiger partial charge in [0.1, 0.15) is 5.69 Å². The van der Waals surface area contributed by atoms with Crippen LogP contribution in [0.2, 0.25) is 5.02 Å². The van der Waals surface area contributed by atoms with E-state index in [1.807, 2.05) is 36.4 Å². The molecule has 27 heavy (non-hydrogen) atoms. The fourth-order valence-electron chi connectivity index (χ4n) is 3.73. The summed E-state index contributed by atoms with van der Waals surface area (Å²) in [6.45, 7) is 2.53. The standard InChI is InChI=1S/C20H21ClN4O2/c1-12-18(21)19(24(2)23-12)20(27)25-10-14(17(26)11-25)9-15-8-7-13-5-3-4-6-16(13)22-15/h3-8,14,17,26H,9-11H2,1-2H3/t14-,17-/m1/s1. The molecule has 0 saturated carbocycles. The number of rotatable bonds is 3. The second-order valence-electron chi connectivity index (χ2n) is 7.11. The lowest BCUT2D eigenvalue weighted by Crippen LogP contribution is -2.31. The van der Waals surface area contributed by atoms with Gasteiger partial charge >= 0.3 is 0 Å². The molecule has 0 spiro atoms. The third-order valence-corrected chi connectivity index (χ3v) is 5.63. The van der Waals surface area contributed by atoms with Crippen LogP contribution in [0.1, 0.15) is 21.9 Å². The highest BCUT2D eigenvalue weighted by Gasteiger charge is 2.36. The van der Waals surface area contributed by atoms with Gasteiger partial charge in [-0.1, -0.05) is 35.9 Å². The molecule has 1 aromatic carbocycles. The Morgan fingerprint density at radius 3 is 2.78 bits per heavy atom. The number of likely N-dealkylation sites (tertiary alicyclic amines) is 1. The Labute approximate surface area is 162 Å². The number of fused-ring (bicyclic) bond motifs is 1. The van der Waals surface area contributed by atoms with Crippen LogP contribution in [0.15, 0.2) is 36.4 Å². The van der Waals surface area contributed by atoms with Crippen molar-refractivity contribution in [1.29, 1.82) is 0 Å². The topological polar surface area (TPSA) is 71.2 Å². The molecular weight excluding hydrogens is 364 g/mol. The summed E-state index contributed by atoms with van der Waals surface area (Å²) in [6.07, 6.45) is 0.0313. The Morgan fingerprint density at radius 1 is 1.26 bits per heavy atom. The molecule has 3 aromatic rings. The summed E-state index contributed by atoms with van der Waals surface area (Å²) in [5.41, 5.74) is 2.85.